The van der Waals surface area contributed by atoms with Gasteiger partial charge in [0.1, 0.15) is 11.4 Å². The highest BCUT2D eigenvalue weighted by atomic mass is 19.4. The van der Waals surface area contributed by atoms with Crippen LogP contribution in [0.5, 0.6) is 11.5 Å². The average molecular weight is 514 g/mol. The quantitative estimate of drug-likeness (QED) is 0.319. The zero-order valence-electron chi connectivity index (χ0n) is 18.1. The Bertz CT molecular complexity index is 1240. The fourth-order valence-electron chi connectivity index (χ4n) is 2.78. The van der Waals surface area contributed by atoms with Gasteiger partial charge in [0.05, 0.1) is 16.9 Å². The number of hydroxylamine groups is 2. The molecule has 0 unspecified atom stereocenters. The first-order valence-corrected chi connectivity index (χ1v) is 9.84. The Morgan fingerprint density at radius 2 is 1.72 bits per heavy atom. The highest BCUT2D eigenvalue weighted by Crippen LogP contribution is 2.35. The number of anilines is 2. The van der Waals surface area contributed by atoms with Gasteiger partial charge in [0, 0.05) is 19.3 Å². The van der Waals surface area contributed by atoms with Crippen molar-refractivity contribution in [2.75, 3.05) is 17.7 Å². The fraction of sp³-hybridized carbons (Fsp3) is 0.136. The molecule has 190 valence electrons. The van der Waals surface area contributed by atoms with E-state index < -0.39 is 53.2 Å². The second-order valence-corrected chi connectivity index (χ2v) is 6.92. The van der Waals surface area contributed by atoms with Crippen LogP contribution in [0.4, 0.5) is 42.5 Å². The highest BCUT2D eigenvalue weighted by molar-refractivity contribution is 6.00. The Hall–Kier alpha value is -4.49. The lowest BCUT2D eigenvalue weighted by atomic mass is 10.2. The summed E-state index contributed by atoms with van der Waals surface area (Å²) < 4.78 is 82.7. The second-order valence-electron chi connectivity index (χ2n) is 6.92. The van der Waals surface area contributed by atoms with Gasteiger partial charge >= 0.3 is 24.7 Å². The molecule has 3 aromatic rings. The van der Waals surface area contributed by atoms with Gasteiger partial charge in [-0.25, -0.2) is 9.18 Å². The molecule has 0 saturated carbocycles. The zero-order valence-corrected chi connectivity index (χ0v) is 18.1. The molecule has 14 heteroatoms. The molecule has 0 aliphatic rings. The summed E-state index contributed by atoms with van der Waals surface area (Å²) >= 11 is 0. The number of urea groups is 1. The number of aromatic nitrogens is 1. The van der Waals surface area contributed by atoms with Crippen LogP contribution in [0.1, 0.15) is 16.1 Å². The molecule has 1 aromatic heterocycles. The summed E-state index contributed by atoms with van der Waals surface area (Å²) in [5.41, 5.74) is -2.32. The van der Waals surface area contributed by atoms with E-state index in [1.165, 1.54) is 25.4 Å². The Labute approximate surface area is 199 Å². The van der Waals surface area contributed by atoms with Crippen molar-refractivity contribution < 1.29 is 45.5 Å². The monoisotopic (exact) mass is 514 g/mol. The molecule has 0 saturated heterocycles. The van der Waals surface area contributed by atoms with Gasteiger partial charge in [0.25, 0.3) is 0 Å². The topological polar surface area (TPSA) is 92.8 Å². The van der Waals surface area contributed by atoms with E-state index in [1.54, 1.807) is 12.1 Å². The SMILES string of the molecule is CN(Oc1ccc(NC(=O)Nc2cc(C(F)(F)F)ccc2OC(F)F)c(F)c1)C(=O)c1ccccn1. The summed E-state index contributed by atoms with van der Waals surface area (Å²) in [6.45, 7) is -3.38. The number of amides is 3. The Balaban J connectivity index is 1.70. The van der Waals surface area contributed by atoms with Crippen molar-refractivity contribution in [3.05, 3.63) is 77.9 Å². The predicted octanol–water partition coefficient (Wildman–Crippen LogP) is 5.55. The van der Waals surface area contributed by atoms with Crippen LogP contribution in [0.3, 0.4) is 0 Å². The molecule has 2 aromatic carbocycles. The summed E-state index contributed by atoms with van der Waals surface area (Å²) in [5, 5.41) is 4.75. The van der Waals surface area contributed by atoms with Crippen molar-refractivity contribution in [2.24, 2.45) is 0 Å². The first-order valence-electron chi connectivity index (χ1n) is 9.84. The lowest BCUT2D eigenvalue weighted by Crippen LogP contribution is -2.30. The summed E-state index contributed by atoms with van der Waals surface area (Å²) in [4.78, 5) is 33.6. The number of alkyl halides is 5. The minimum absolute atomic E-state index is 0.0696. The van der Waals surface area contributed by atoms with E-state index in [4.69, 9.17) is 4.84 Å². The normalized spacial score (nSPS) is 11.1. The maximum absolute atomic E-state index is 14.5. The number of pyridine rings is 1. The lowest BCUT2D eigenvalue weighted by Gasteiger charge is -2.18. The number of rotatable bonds is 7. The molecule has 0 spiro atoms. The molecule has 1 heterocycles. The van der Waals surface area contributed by atoms with E-state index in [-0.39, 0.29) is 11.4 Å². The van der Waals surface area contributed by atoms with Gasteiger partial charge in [-0.05, 0) is 42.5 Å². The van der Waals surface area contributed by atoms with Crippen LogP contribution in [0.25, 0.3) is 0 Å². The smallest absolute Gasteiger partial charge is 0.416 e. The minimum Gasteiger partial charge on any atom is -0.433 e. The van der Waals surface area contributed by atoms with Crippen molar-refractivity contribution in [3.8, 4) is 11.5 Å². The Morgan fingerprint density at radius 3 is 2.33 bits per heavy atom. The van der Waals surface area contributed by atoms with Crippen LogP contribution >= 0.6 is 0 Å². The average Bonchev–Trinajstić information content (AvgIpc) is 2.81. The van der Waals surface area contributed by atoms with E-state index >= 15 is 0 Å². The molecule has 8 nitrogen and oxygen atoms in total. The molecule has 2 N–H and O–H groups in total. The second kappa shape index (κ2) is 10.8. The summed E-state index contributed by atoms with van der Waals surface area (Å²) in [6.07, 6.45) is -3.43. The van der Waals surface area contributed by atoms with Gasteiger partial charge in [0.15, 0.2) is 11.6 Å². The minimum atomic E-state index is -4.83. The highest BCUT2D eigenvalue weighted by Gasteiger charge is 2.31. The van der Waals surface area contributed by atoms with E-state index in [0.29, 0.717) is 18.2 Å². The fourth-order valence-corrected chi connectivity index (χ4v) is 2.78. The van der Waals surface area contributed by atoms with Gasteiger partial charge < -0.3 is 20.2 Å². The molecule has 0 radical (unpaired) electrons. The molecular weight excluding hydrogens is 498 g/mol. The molecule has 0 aliphatic heterocycles. The van der Waals surface area contributed by atoms with Crippen molar-refractivity contribution in [1.29, 1.82) is 0 Å². The first-order chi connectivity index (χ1) is 16.9. The number of halogens is 6. The predicted molar refractivity (Wildman–Crippen MR) is 114 cm³/mol. The van der Waals surface area contributed by atoms with Crippen LogP contribution < -0.4 is 20.2 Å². The lowest BCUT2D eigenvalue weighted by molar-refractivity contribution is -0.137. The number of hydrogen-bond donors (Lipinski definition) is 2. The maximum atomic E-state index is 14.5. The molecule has 0 atom stereocenters. The summed E-state index contributed by atoms with van der Waals surface area (Å²) in [5.74, 6) is -2.52. The summed E-state index contributed by atoms with van der Waals surface area (Å²) in [6, 6.07) is 7.94. The number of ether oxygens (including phenoxy) is 1. The van der Waals surface area contributed by atoms with E-state index in [2.05, 4.69) is 9.72 Å². The number of nitrogens with zero attached hydrogens (tertiary/aromatic N) is 2. The van der Waals surface area contributed by atoms with E-state index in [9.17, 15) is 35.9 Å². The van der Waals surface area contributed by atoms with Gasteiger partial charge in [-0.3, -0.25) is 9.78 Å². The Kier molecular flexibility index (Phi) is 7.86. The number of hydrogen-bond acceptors (Lipinski definition) is 5. The van der Waals surface area contributed by atoms with Crippen LogP contribution in [0.15, 0.2) is 60.8 Å². The van der Waals surface area contributed by atoms with E-state index in [0.717, 1.165) is 17.2 Å². The van der Waals surface area contributed by atoms with Crippen molar-refractivity contribution in [3.63, 3.8) is 0 Å². The molecule has 0 fully saturated rings. The third-order valence-corrected chi connectivity index (χ3v) is 4.37. The molecule has 3 rings (SSSR count). The molecular formula is C22H16F6N4O4. The Morgan fingerprint density at radius 1 is 1.00 bits per heavy atom. The first kappa shape index (κ1) is 26.1. The largest absolute Gasteiger partial charge is 0.433 e. The van der Waals surface area contributed by atoms with E-state index in [1.807, 2.05) is 10.6 Å². The number of carbonyl (C=O) groups excluding carboxylic acids is 2. The molecule has 3 amide bonds. The molecule has 0 bridgehead atoms. The van der Waals surface area contributed by atoms with Crippen LogP contribution in [-0.4, -0.2) is 35.6 Å². The number of benzene rings is 2. The third-order valence-electron chi connectivity index (χ3n) is 4.37. The van der Waals surface area contributed by atoms with Gasteiger partial charge in [-0.1, -0.05) is 6.07 Å². The van der Waals surface area contributed by atoms with Crippen LogP contribution in [0.2, 0.25) is 0 Å². The summed E-state index contributed by atoms with van der Waals surface area (Å²) in [7, 11) is 1.27. The van der Waals surface area contributed by atoms with Gasteiger partial charge in [-0.15, -0.1) is 0 Å². The molecule has 36 heavy (non-hydrogen) atoms. The third kappa shape index (κ3) is 6.77. The number of carbonyl (C=O) groups is 2. The maximum Gasteiger partial charge on any atom is 0.416 e. The molecule has 0 aliphatic carbocycles. The van der Waals surface area contributed by atoms with Crippen molar-refractivity contribution in [2.45, 2.75) is 12.8 Å². The number of nitrogens with one attached hydrogen (secondary N) is 2. The van der Waals surface area contributed by atoms with Crippen molar-refractivity contribution in [1.82, 2.24) is 10.0 Å². The van der Waals surface area contributed by atoms with Crippen LogP contribution in [0, 0.1) is 5.82 Å². The zero-order chi connectivity index (χ0) is 26.5. The standard InChI is InChI=1S/C22H16F6N4O4/c1-32(19(33)16-4-2-3-9-29-16)36-13-6-7-15(14(23)11-13)30-21(34)31-17-10-12(22(26,27)28)5-8-18(17)35-20(24)25/h2-11,20H,1H3,(H2,30,31,34). The van der Waals surface area contributed by atoms with Crippen LogP contribution in [-0.2, 0) is 6.18 Å². The van der Waals surface area contributed by atoms with Crippen molar-refractivity contribution >= 4 is 23.3 Å². The van der Waals surface area contributed by atoms with Gasteiger partial charge in [-0.2, -0.15) is 27.0 Å². The van der Waals surface area contributed by atoms with Gasteiger partial charge in [0.2, 0.25) is 0 Å².